The zero-order valence-corrected chi connectivity index (χ0v) is 16.4. The molecule has 6 nitrogen and oxygen atoms in total. The number of hydrogen-bond acceptors (Lipinski definition) is 5. The molecule has 0 spiro atoms. The molecule has 0 aliphatic carbocycles. The van der Waals surface area contributed by atoms with E-state index >= 15 is 0 Å². The molecule has 0 radical (unpaired) electrons. The van der Waals surface area contributed by atoms with Crippen molar-refractivity contribution in [2.45, 2.75) is 32.4 Å². The van der Waals surface area contributed by atoms with Crippen molar-refractivity contribution in [1.29, 1.82) is 0 Å². The number of aromatic amines is 1. The highest BCUT2D eigenvalue weighted by Crippen LogP contribution is 2.27. The van der Waals surface area contributed by atoms with Gasteiger partial charge in [0.1, 0.15) is 5.82 Å². The number of fused-ring (bicyclic) bond motifs is 1. The van der Waals surface area contributed by atoms with Crippen LogP contribution in [-0.4, -0.2) is 42.2 Å². The number of nitrogens with one attached hydrogen (secondary N) is 2. The summed E-state index contributed by atoms with van der Waals surface area (Å²) >= 11 is 0. The molecule has 1 saturated heterocycles. The third-order valence-electron chi connectivity index (χ3n) is 5.39. The zero-order chi connectivity index (χ0) is 19.5. The van der Waals surface area contributed by atoms with E-state index in [-0.39, 0.29) is 5.97 Å². The van der Waals surface area contributed by atoms with Gasteiger partial charge in [0.25, 0.3) is 0 Å². The van der Waals surface area contributed by atoms with Gasteiger partial charge >= 0.3 is 5.97 Å². The van der Waals surface area contributed by atoms with Gasteiger partial charge in [0.05, 0.1) is 23.7 Å². The molecule has 2 N–H and O–H groups in total. The molecule has 0 saturated carbocycles. The topological polar surface area (TPSA) is 70.2 Å². The number of imidazole rings is 1. The van der Waals surface area contributed by atoms with E-state index in [1.165, 1.54) is 18.4 Å². The van der Waals surface area contributed by atoms with Gasteiger partial charge in [-0.25, -0.2) is 9.78 Å². The van der Waals surface area contributed by atoms with E-state index in [2.05, 4.69) is 38.4 Å². The second-order valence-corrected chi connectivity index (χ2v) is 7.32. The molecule has 0 atom stereocenters. The normalized spacial score (nSPS) is 14.9. The maximum atomic E-state index is 11.7. The van der Waals surface area contributed by atoms with Crippen molar-refractivity contribution in [3.63, 3.8) is 0 Å². The number of aryl methyl sites for hydroxylation is 1. The van der Waals surface area contributed by atoms with Gasteiger partial charge in [-0.15, -0.1) is 0 Å². The molecule has 0 unspecified atom stereocenters. The average molecular weight is 378 g/mol. The van der Waals surface area contributed by atoms with Crippen molar-refractivity contribution in [3.05, 3.63) is 59.4 Å². The summed E-state index contributed by atoms with van der Waals surface area (Å²) in [5, 5.41) is 3.45. The molecule has 1 aliphatic rings. The lowest BCUT2D eigenvalue weighted by atomic mass is 10.0. The fourth-order valence-electron chi connectivity index (χ4n) is 3.91. The van der Waals surface area contributed by atoms with Crippen LogP contribution in [0.3, 0.4) is 0 Å². The molecule has 2 aromatic carbocycles. The third-order valence-corrected chi connectivity index (χ3v) is 5.39. The van der Waals surface area contributed by atoms with Crippen molar-refractivity contribution in [2.24, 2.45) is 0 Å². The van der Waals surface area contributed by atoms with Crippen molar-refractivity contribution >= 4 is 22.7 Å². The number of nitrogens with zero attached hydrogens (tertiary/aromatic N) is 2. The van der Waals surface area contributed by atoms with Crippen LogP contribution in [0.15, 0.2) is 42.5 Å². The van der Waals surface area contributed by atoms with Crippen LogP contribution in [-0.2, 0) is 11.3 Å². The minimum absolute atomic E-state index is 0.304. The first-order valence-corrected chi connectivity index (χ1v) is 9.75. The van der Waals surface area contributed by atoms with Crippen LogP contribution in [0.5, 0.6) is 0 Å². The van der Waals surface area contributed by atoms with Crippen LogP contribution in [0, 0.1) is 6.92 Å². The first-order valence-electron chi connectivity index (χ1n) is 9.75. The number of H-pyrrole nitrogens is 1. The Labute approximate surface area is 164 Å². The second kappa shape index (κ2) is 8.02. The maximum absolute atomic E-state index is 11.7. The smallest absolute Gasteiger partial charge is 0.337 e. The summed E-state index contributed by atoms with van der Waals surface area (Å²) in [6.45, 7) is 4.85. The molecule has 0 bridgehead atoms. The van der Waals surface area contributed by atoms with Crippen LogP contribution < -0.4 is 10.2 Å². The van der Waals surface area contributed by atoms with Gasteiger partial charge < -0.3 is 19.9 Å². The van der Waals surface area contributed by atoms with E-state index in [1.807, 2.05) is 31.2 Å². The van der Waals surface area contributed by atoms with Crippen molar-refractivity contribution < 1.29 is 9.53 Å². The summed E-state index contributed by atoms with van der Waals surface area (Å²) in [5.74, 6) is 0.626. The minimum Gasteiger partial charge on any atom is -0.465 e. The second-order valence-electron chi connectivity index (χ2n) is 7.32. The van der Waals surface area contributed by atoms with Crippen LogP contribution in [0.2, 0.25) is 0 Å². The Morgan fingerprint density at radius 2 is 1.93 bits per heavy atom. The zero-order valence-electron chi connectivity index (χ0n) is 16.4. The molecule has 4 rings (SSSR count). The van der Waals surface area contributed by atoms with Gasteiger partial charge in [-0.05, 0) is 68.8 Å². The molecule has 1 aliphatic heterocycles. The molecule has 1 fully saturated rings. The Balaban J connectivity index is 1.63. The summed E-state index contributed by atoms with van der Waals surface area (Å²) in [6, 6.07) is 14.6. The molecule has 146 valence electrons. The number of hydrogen-bond donors (Lipinski definition) is 2. The van der Waals surface area contributed by atoms with Gasteiger partial charge in [-0.1, -0.05) is 12.1 Å². The standard InChI is InChI=1S/C22H26N4O2/c1-15-24-20-8-7-19(13-21(20)25-15)26(18-9-11-23-12-10-18)14-16-3-5-17(6-4-16)22(27)28-2/h3-8,13,18,23H,9-12,14H2,1-2H3,(H,24,25). The highest BCUT2D eigenvalue weighted by Gasteiger charge is 2.22. The quantitative estimate of drug-likeness (QED) is 0.666. The molecule has 6 heteroatoms. The van der Waals surface area contributed by atoms with E-state index in [1.54, 1.807) is 0 Å². The molecule has 2 heterocycles. The number of esters is 1. The number of ether oxygens (including phenoxy) is 1. The lowest BCUT2D eigenvalue weighted by Gasteiger charge is -2.36. The van der Waals surface area contributed by atoms with E-state index < -0.39 is 0 Å². The number of aromatic nitrogens is 2. The number of carbonyl (C=O) groups excluding carboxylic acids is 1. The fraction of sp³-hybridized carbons (Fsp3) is 0.364. The average Bonchev–Trinajstić information content (AvgIpc) is 3.11. The SMILES string of the molecule is COC(=O)c1ccc(CN(c2ccc3nc(C)[nH]c3c2)C2CCNCC2)cc1. The molecular formula is C22H26N4O2. The van der Waals surface area contributed by atoms with Gasteiger partial charge in [-0.3, -0.25) is 0 Å². The number of rotatable bonds is 5. The van der Waals surface area contributed by atoms with Crippen LogP contribution in [0.4, 0.5) is 5.69 Å². The number of anilines is 1. The Bertz CT molecular complexity index is 958. The molecular weight excluding hydrogens is 352 g/mol. The number of carbonyl (C=O) groups is 1. The van der Waals surface area contributed by atoms with Crippen LogP contribution >= 0.6 is 0 Å². The van der Waals surface area contributed by atoms with Gasteiger partial charge in [0.2, 0.25) is 0 Å². The monoisotopic (exact) mass is 378 g/mol. The van der Waals surface area contributed by atoms with Crippen molar-refractivity contribution in [2.75, 3.05) is 25.1 Å². The summed E-state index contributed by atoms with van der Waals surface area (Å²) in [4.78, 5) is 22.0. The number of methoxy groups -OCH3 is 1. The first kappa shape index (κ1) is 18.5. The molecule has 0 amide bonds. The van der Waals surface area contributed by atoms with Crippen molar-refractivity contribution in [1.82, 2.24) is 15.3 Å². The lowest BCUT2D eigenvalue weighted by Crippen LogP contribution is -2.43. The van der Waals surface area contributed by atoms with E-state index in [0.717, 1.165) is 49.3 Å². The minimum atomic E-state index is -0.304. The lowest BCUT2D eigenvalue weighted by molar-refractivity contribution is 0.0600. The Morgan fingerprint density at radius 3 is 2.64 bits per heavy atom. The Morgan fingerprint density at radius 1 is 1.18 bits per heavy atom. The van der Waals surface area contributed by atoms with E-state index in [4.69, 9.17) is 4.74 Å². The predicted octanol–water partition coefficient (Wildman–Crippen LogP) is 3.42. The highest BCUT2D eigenvalue weighted by molar-refractivity contribution is 5.89. The van der Waals surface area contributed by atoms with Crippen molar-refractivity contribution in [3.8, 4) is 0 Å². The van der Waals surface area contributed by atoms with Gasteiger partial charge in [0.15, 0.2) is 0 Å². The Kier molecular flexibility index (Phi) is 5.30. The molecule has 1 aromatic heterocycles. The molecule has 3 aromatic rings. The predicted molar refractivity (Wildman–Crippen MR) is 111 cm³/mol. The largest absolute Gasteiger partial charge is 0.465 e. The highest BCUT2D eigenvalue weighted by atomic mass is 16.5. The number of piperidine rings is 1. The van der Waals surface area contributed by atoms with Gasteiger partial charge in [0, 0.05) is 18.3 Å². The van der Waals surface area contributed by atoms with E-state index in [0.29, 0.717) is 11.6 Å². The van der Waals surface area contributed by atoms with Crippen LogP contribution in [0.1, 0.15) is 34.6 Å². The fourth-order valence-corrected chi connectivity index (χ4v) is 3.91. The maximum Gasteiger partial charge on any atom is 0.337 e. The summed E-state index contributed by atoms with van der Waals surface area (Å²) in [6.07, 6.45) is 2.22. The molecule has 28 heavy (non-hydrogen) atoms. The van der Waals surface area contributed by atoms with Crippen LogP contribution in [0.25, 0.3) is 11.0 Å². The Hall–Kier alpha value is -2.86. The van der Waals surface area contributed by atoms with Gasteiger partial charge in [-0.2, -0.15) is 0 Å². The van der Waals surface area contributed by atoms with E-state index in [9.17, 15) is 4.79 Å². The number of benzene rings is 2. The summed E-state index contributed by atoms with van der Waals surface area (Å²) in [5.41, 5.74) is 5.00. The summed E-state index contributed by atoms with van der Waals surface area (Å²) in [7, 11) is 1.41. The summed E-state index contributed by atoms with van der Waals surface area (Å²) < 4.78 is 4.80. The first-order chi connectivity index (χ1) is 13.6. The third kappa shape index (κ3) is 3.87.